The maximum Gasteiger partial charge on any atom is 0.397 e. The number of aliphatic hydroxyl groups is 4. The summed E-state index contributed by atoms with van der Waals surface area (Å²) in [4.78, 5) is 13.1. The molecule has 7 unspecified atom stereocenters. The number of nitrogens with one attached hydrogen (secondary N) is 1. The first kappa shape index (κ1) is 69.1. The Morgan fingerprint density at radius 1 is 0.500 bits per heavy atom. The molecule has 1 aliphatic heterocycles. The SMILES string of the molecule is CCCCCCCCCCCCCCCCCCCCCCCCCCCCCCCCCCCCCC(=O)NC(COC1OC(CO)C(O)C(OS(=O)(=O)O)C1O)C(O)CCCCCCCCCCCC. The van der Waals surface area contributed by atoms with Crippen molar-refractivity contribution in [3.05, 3.63) is 0 Å². The van der Waals surface area contributed by atoms with Gasteiger partial charge in [-0.1, -0.05) is 296 Å². The molecule has 1 aliphatic rings. The van der Waals surface area contributed by atoms with Crippen molar-refractivity contribution in [3.8, 4) is 0 Å². The predicted octanol–water partition coefficient (Wildman–Crippen LogP) is 14.9. The Bertz CT molecular complexity index is 1280. The van der Waals surface area contributed by atoms with Gasteiger partial charge in [0.1, 0.15) is 24.4 Å². The lowest BCUT2D eigenvalue weighted by atomic mass is 9.99. The van der Waals surface area contributed by atoms with Gasteiger partial charge in [-0.2, -0.15) is 8.42 Å². The van der Waals surface area contributed by atoms with Crippen LogP contribution < -0.4 is 5.32 Å². The van der Waals surface area contributed by atoms with Crippen LogP contribution >= 0.6 is 0 Å². The highest BCUT2D eigenvalue weighted by molar-refractivity contribution is 7.80. The first-order valence-corrected chi connectivity index (χ1v) is 32.3. The van der Waals surface area contributed by atoms with Crippen molar-refractivity contribution in [2.75, 3.05) is 13.2 Å². The summed E-state index contributed by atoms with van der Waals surface area (Å²) in [5, 5.41) is 44.9. The molecule has 7 atom stereocenters. The van der Waals surface area contributed by atoms with Gasteiger partial charge in [-0.15, -0.1) is 0 Å². The van der Waals surface area contributed by atoms with Crippen LogP contribution in [0.2, 0.25) is 0 Å². The van der Waals surface area contributed by atoms with Crippen molar-refractivity contribution in [2.45, 2.75) is 358 Å². The number of aliphatic hydroxyl groups excluding tert-OH is 4. The van der Waals surface area contributed by atoms with E-state index in [9.17, 15) is 38.2 Å². The fraction of sp³-hybridized carbons (Fsp3) is 0.983. The Morgan fingerprint density at radius 3 is 1.11 bits per heavy atom. The smallest absolute Gasteiger partial charge is 0.394 e. The Morgan fingerprint density at radius 2 is 0.806 bits per heavy atom. The van der Waals surface area contributed by atoms with E-state index >= 15 is 0 Å². The second kappa shape index (κ2) is 49.7. The number of unbranched alkanes of at least 4 members (excludes halogenated alkanes) is 43. The van der Waals surface area contributed by atoms with Gasteiger partial charge in [-0.25, -0.2) is 4.18 Å². The molecule has 0 aliphatic carbocycles. The molecule has 0 bridgehead atoms. The van der Waals surface area contributed by atoms with Crippen LogP contribution in [0.4, 0.5) is 0 Å². The molecule has 0 aromatic carbocycles. The molecular weight excluding hydrogens is 931 g/mol. The average molecular weight is 1050 g/mol. The summed E-state index contributed by atoms with van der Waals surface area (Å²) in [5.74, 6) is -0.224. The molecule has 12 nitrogen and oxygen atoms in total. The van der Waals surface area contributed by atoms with Crippen LogP contribution in [0.25, 0.3) is 0 Å². The van der Waals surface area contributed by atoms with Crippen LogP contribution in [-0.2, 0) is 28.9 Å². The highest BCUT2D eigenvalue weighted by Crippen LogP contribution is 2.26. The van der Waals surface area contributed by atoms with E-state index in [0.29, 0.717) is 12.8 Å². The lowest BCUT2D eigenvalue weighted by Crippen LogP contribution is -2.61. The molecule has 0 aromatic heterocycles. The van der Waals surface area contributed by atoms with Gasteiger partial charge in [0.25, 0.3) is 0 Å². The van der Waals surface area contributed by atoms with E-state index in [1.165, 1.54) is 238 Å². The molecular formula is C59H117NO11S. The van der Waals surface area contributed by atoms with Crippen LogP contribution in [0.5, 0.6) is 0 Å². The van der Waals surface area contributed by atoms with Crippen molar-refractivity contribution in [3.63, 3.8) is 0 Å². The Balaban J connectivity index is 2.11. The highest BCUT2D eigenvalue weighted by atomic mass is 32.3. The largest absolute Gasteiger partial charge is 0.397 e. The number of ether oxygens (including phenoxy) is 2. The van der Waals surface area contributed by atoms with Crippen LogP contribution in [0, 0.1) is 0 Å². The van der Waals surface area contributed by atoms with E-state index in [4.69, 9.17) is 9.47 Å². The summed E-state index contributed by atoms with van der Waals surface area (Å²) >= 11 is 0. The standard InChI is InChI=1S/C59H117NO11S/c1-3-5-7-9-11-13-15-16-17-18-19-20-21-22-23-24-25-26-27-28-29-30-31-32-33-34-35-36-37-38-39-41-43-45-47-49-55(63)60-52(53(62)48-46-44-42-40-14-12-10-8-6-4-2)51-69-59-57(65)58(71-72(66,67)68)56(64)54(50-61)70-59/h52-54,56-59,61-62,64-65H,3-51H2,1-2H3,(H,60,63)(H,66,67,68). The zero-order chi connectivity index (χ0) is 52.6. The number of rotatable bonds is 55. The monoisotopic (exact) mass is 1050 g/mol. The van der Waals surface area contributed by atoms with Gasteiger partial charge < -0.3 is 35.2 Å². The van der Waals surface area contributed by atoms with Gasteiger partial charge in [0.05, 0.1) is 25.4 Å². The van der Waals surface area contributed by atoms with Crippen LogP contribution in [0.15, 0.2) is 0 Å². The van der Waals surface area contributed by atoms with Crippen molar-refractivity contribution < 1.29 is 51.8 Å². The molecule has 72 heavy (non-hydrogen) atoms. The molecule has 0 saturated carbocycles. The van der Waals surface area contributed by atoms with E-state index in [0.717, 1.165) is 51.4 Å². The van der Waals surface area contributed by atoms with Crippen molar-refractivity contribution >= 4 is 16.3 Å². The van der Waals surface area contributed by atoms with E-state index in [2.05, 4.69) is 23.3 Å². The molecule has 1 fully saturated rings. The number of carbonyl (C=O) groups excluding carboxylic acids is 1. The Kier molecular flexibility index (Phi) is 47.7. The van der Waals surface area contributed by atoms with Gasteiger partial charge in [0.15, 0.2) is 6.29 Å². The van der Waals surface area contributed by atoms with Gasteiger partial charge in [0.2, 0.25) is 5.91 Å². The average Bonchev–Trinajstić information content (AvgIpc) is 3.36. The second-order valence-corrected chi connectivity index (χ2v) is 23.1. The third-order valence-electron chi connectivity index (χ3n) is 15.2. The topological polar surface area (TPSA) is 192 Å². The van der Waals surface area contributed by atoms with Gasteiger partial charge in [-0.3, -0.25) is 9.35 Å². The maximum absolute atomic E-state index is 13.1. The first-order chi connectivity index (χ1) is 35.0. The van der Waals surface area contributed by atoms with Crippen LogP contribution in [0.1, 0.15) is 316 Å². The zero-order valence-corrected chi connectivity index (χ0v) is 47.6. The lowest BCUT2D eigenvalue weighted by molar-refractivity contribution is -0.298. The molecule has 1 rings (SSSR count). The minimum absolute atomic E-state index is 0.224. The molecule has 1 heterocycles. The number of amides is 1. The molecule has 6 N–H and O–H groups in total. The zero-order valence-electron chi connectivity index (χ0n) is 46.8. The molecule has 1 amide bonds. The number of carbonyl (C=O) groups is 1. The van der Waals surface area contributed by atoms with E-state index in [1.54, 1.807) is 0 Å². The van der Waals surface area contributed by atoms with Gasteiger partial charge in [0, 0.05) is 6.42 Å². The van der Waals surface area contributed by atoms with E-state index in [-0.39, 0.29) is 12.5 Å². The molecule has 0 radical (unpaired) electrons. The minimum atomic E-state index is -5.07. The molecule has 430 valence electrons. The first-order valence-electron chi connectivity index (χ1n) is 30.9. The van der Waals surface area contributed by atoms with Crippen molar-refractivity contribution in [2.24, 2.45) is 0 Å². The third kappa shape index (κ3) is 41.3. The molecule has 0 aromatic rings. The third-order valence-corrected chi connectivity index (χ3v) is 15.6. The summed E-state index contributed by atoms with van der Waals surface area (Å²) in [6.45, 7) is 3.47. The van der Waals surface area contributed by atoms with Gasteiger partial charge in [-0.05, 0) is 12.8 Å². The highest BCUT2D eigenvalue weighted by Gasteiger charge is 2.48. The molecule has 1 saturated heterocycles. The summed E-state index contributed by atoms with van der Waals surface area (Å²) < 4.78 is 47.8. The summed E-state index contributed by atoms with van der Waals surface area (Å²) in [6.07, 6.45) is 50.3. The van der Waals surface area contributed by atoms with Crippen molar-refractivity contribution in [1.29, 1.82) is 0 Å². The summed E-state index contributed by atoms with van der Waals surface area (Å²) in [6, 6.07) is -0.852. The van der Waals surface area contributed by atoms with E-state index < -0.39 is 59.9 Å². The second-order valence-electron chi connectivity index (χ2n) is 22.0. The Labute approximate surface area is 443 Å². The van der Waals surface area contributed by atoms with E-state index in [1.807, 2.05) is 0 Å². The predicted molar refractivity (Wildman–Crippen MR) is 296 cm³/mol. The fourth-order valence-electron chi connectivity index (χ4n) is 10.4. The number of hydrogen-bond acceptors (Lipinski definition) is 10. The minimum Gasteiger partial charge on any atom is -0.394 e. The van der Waals surface area contributed by atoms with Gasteiger partial charge >= 0.3 is 10.4 Å². The maximum atomic E-state index is 13.1. The normalized spacial score (nSPS) is 19.2. The van der Waals surface area contributed by atoms with Crippen molar-refractivity contribution in [1.82, 2.24) is 5.32 Å². The Hall–Kier alpha value is -0.900. The quantitative estimate of drug-likeness (QED) is 0.0251. The fourth-order valence-corrected chi connectivity index (χ4v) is 10.9. The lowest BCUT2D eigenvalue weighted by Gasteiger charge is -2.41. The number of hydrogen-bond donors (Lipinski definition) is 6. The van der Waals surface area contributed by atoms with Crippen LogP contribution in [0.3, 0.4) is 0 Å². The molecule has 0 spiro atoms. The summed E-state index contributed by atoms with van der Waals surface area (Å²) in [5.41, 5.74) is 0. The molecule has 13 heteroatoms. The summed E-state index contributed by atoms with van der Waals surface area (Å²) in [7, 11) is -5.07. The van der Waals surface area contributed by atoms with Crippen LogP contribution in [-0.4, -0.2) is 95.4 Å².